The summed E-state index contributed by atoms with van der Waals surface area (Å²) < 4.78 is 0. The molecule has 0 aliphatic heterocycles. The van der Waals surface area contributed by atoms with Gasteiger partial charge in [0, 0.05) is 17.5 Å². The van der Waals surface area contributed by atoms with E-state index in [4.69, 9.17) is 0 Å². The van der Waals surface area contributed by atoms with Gasteiger partial charge in [-0.25, -0.2) is 9.78 Å². The number of urea groups is 1. The normalized spacial score (nSPS) is 13.3. The number of carbonyl (C=O) groups excluding carboxylic acids is 1. The van der Waals surface area contributed by atoms with E-state index in [9.17, 15) is 9.90 Å². The van der Waals surface area contributed by atoms with Gasteiger partial charge in [0.1, 0.15) is 5.01 Å². The summed E-state index contributed by atoms with van der Waals surface area (Å²) in [5.41, 5.74) is 1.99. The Morgan fingerprint density at radius 3 is 2.78 bits per heavy atom. The Morgan fingerprint density at radius 2 is 2.09 bits per heavy atom. The largest absolute Gasteiger partial charge is 0.393 e. The van der Waals surface area contributed by atoms with Gasteiger partial charge in [0.25, 0.3) is 0 Å². The first-order chi connectivity index (χ1) is 11.1. The lowest BCUT2D eigenvalue weighted by Gasteiger charge is -2.13. The van der Waals surface area contributed by atoms with Gasteiger partial charge in [-0.1, -0.05) is 37.3 Å². The first-order valence-electron chi connectivity index (χ1n) is 7.83. The van der Waals surface area contributed by atoms with Crippen LogP contribution in [0.15, 0.2) is 35.7 Å². The monoisotopic (exact) mass is 333 g/mol. The zero-order valence-electron chi connectivity index (χ0n) is 13.5. The third-order valence-corrected chi connectivity index (χ3v) is 4.57. The number of amides is 2. The highest BCUT2D eigenvalue weighted by Crippen LogP contribution is 2.25. The summed E-state index contributed by atoms with van der Waals surface area (Å²) in [5.74, 6) is 0. The number of carbonyl (C=O) groups is 1. The molecule has 3 N–H and O–H groups in total. The molecule has 5 nitrogen and oxygen atoms in total. The van der Waals surface area contributed by atoms with Crippen molar-refractivity contribution in [3.05, 3.63) is 40.7 Å². The van der Waals surface area contributed by atoms with Crippen molar-refractivity contribution in [2.45, 2.75) is 38.8 Å². The van der Waals surface area contributed by atoms with Crippen molar-refractivity contribution in [2.24, 2.45) is 0 Å². The second-order valence-electron chi connectivity index (χ2n) is 5.41. The van der Waals surface area contributed by atoms with Crippen LogP contribution < -0.4 is 10.6 Å². The minimum absolute atomic E-state index is 0.159. The Morgan fingerprint density at radius 1 is 1.35 bits per heavy atom. The molecule has 23 heavy (non-hydrogen) atoms. The predicted molar refractivity (Wildman–Crippen MR) is 93.4 cm³/mol. The van der Waals surface area contributed by atoms with E-state index in [2.05, 4.69) is 15.6 Å². The number of aliphatic hydroxyl groups is 1. The summed E-state index contributed by atoms with van der Waals surface area (Å²) in [6, 6.07) is 9.57. The molecule has 0 fully saturated rings. The Balaban J connectivity index is 1.85. The summed E-state index contributed by atoms with van der Waals surface area (Å²) in [6.07, 6.45) is 0.898. The molecule has 2 unspecified atom stereocenters. The fourth-order valence-electron chi connectivity index (χ4n) is 2.09. The van der Waals surface area contributed by atoms with Gasteiger partial charge in [-0.2, -0.15) is 0 Å². The minimum atomic E-state index is -0.361. The van der Waals surface area contributed by atoms with Gasteiger partial charge in [-0.05, 0) is 19.8 Å². The molecule has 1 heterocycles. The van der Waals surface area contributed by atoms with Crippen molar-refractivity contribution >= 4 is 17.4 Å². The summed E-state index contributed by atoms with van der Waals surface area (Å²) >= 11 is 1.53. The Kier molecular flexibility index (Phi) is 6.55. The smallest absolute Gasteiger partial charge is 0.315 e. The Bertz CT molecular complexity index is 615. The van der Waals surface area contributed by atoms with Crippen LogP contribution in [0.5, 0.6) is 0 Å². The average Bonchev–Trinajstić information content (AvgIpc) is 3.05. The quantitative estimate of drug-likeness (QED) is 0.727. The third-order valence-electron chi connectivity index (χ3n) is 3.54. The van der Waals surface area contributed by atoms with E-state index in [1.54, 1.807) is 0 Å². The van der Waals surface area contributed by atoms with Crippen molar-refractivity contribution in [2.75, 3.05) is 6.54 Å². The molecule has 1 aromatic carbocycles. The molecule has 2 aromatic rings. The average molecular weight is 333 g/mol. The van der Waals surface area contributed by atoms with Crippen LogP contribution in [-0.4, -0.2) is 28.8 Å². The molecule has 2 atom stereocenters. The van der Waals surface area contributed by atoms with E-state index in [0.717, 1.165) is 16.3 Å². The van der Waals surface area contributed by atoms with E-state index < -0.39 is 0 Å². The zero-order valence-corrected chi connectivity index (χ0v) is 14.3. The van der Waals surface area contributed by atoms with Crippen LogP contribution >= 0.6 is 11.3 Å². The van der Waals surface area contributed by atoms with Crippen LogP contribution in [-0.2, 0) is 0 Å². The molecule has 0 aliphatic carbocycles. The predicted octanol–water partition coefficient (Wildman–Crippen LogP) is 3.33. The van der Waals surface area contributed by atoms with Gasteiger partial charge in [-0.3, -0.25) is 0 Å². The van der Waals surface area contributed by atoms with E-state index in [-0.39, 0.29) is 18.2 Å². The molecule has 0 saturated heterocycles. The number of nitrogens with zero attached hydrogens (tertiary/aromatic N) is 1. The van der Waals surface area contributed by atoms with Gasteiger partial charge in [0.05, 0.1) is 17.8 Å². The molecular weight excluding hydrogens is 310 g/mol. The molecule has 2 rings (SSSR count). The van der Waals surface area contributed by atoms with Crippen LogP contribution in [0.25, 0.3) is 11.3 Å². The van der Waals surface area contributed by atoms with Gasteiger partial charge >= 0.3 is 6.03 Å². The highest BCUT2D eigenvalue weighted by Gasteiger charge is 2.14. The zero-order chi connectivity index (χ0) is 16.7. The highest BCUT2D eigenvalue weighted by molar-refractivity contribution is 7.10. The van der Waals surface area contributed by atoms with E-state index in [0.29, 0.717) is 19.4 Å². The minimum Gasteiger partial charge on any atom is -0.393 e. The van der Waals surface area contributed by atoms with Crippen LogP contribution in [0.1, 0.15) is 37.7 Å². The second-order valence-corrected chi connectivity index (χ2v) is 6.30. The summed E-state index contributed by atoms with van der Waals surface area (Å²) in [4.78, 5) is 16.4. The fourth-order valence-corrected chi connectivity index (χ4v) is 2.93. The molecule has 0 radical (unpaired) electrons. The molecular formula is C17H23N3O2S. The first-order valence-corrected chi connectivity index (χ1v) is 8.71. The molecule has 6 heteroatoms. The molecule has 2 amide bonds. The number of nitrogens with one attached hydrogen (secondary N) is 2. The topological polar surface area (TPSA) is 74.2 Å². The lowest BCUT2D eigenvalue weighted by molar-refractivity contribution is 0.160. The second kappa shape index (κ2) is 8.64. The van der Waals surface area contributed by atoms with Crippen molar-refractivity contribution in [3.63, 3.8) is 0 Å². The molecule has 0 aliphatic rings. The van der Waals surface area contributed by atoms with Gasteiger partial charge in [-0.15, -0.1) is 11.3 Å². The van der Waals surface area contributed by atoms with Crippen LogP contribution in [0, 0.1) is 0 Å². The van der Waals surface area contributed by atoms with Crippen LogP contribution in [0.3, 0.4) is 0 Å². The number of aromatic nitrogens is 1. The molecule has 1 aromatic heterocycles. The summed E-state index contributed by atoms with van der Waals surface area (Å²) in [7, 11) is 0. The van der Waals surface area contributed by atoms with Crippen molar-refractivity contribution in [3.8, 4) is 11.3 Å². The maximum Gasteiger partial charge on any atom is 0.315 e. The summed E-state index contributed by atoms with van der Waals surface area (Å²) in [5, 5.41) is 18.0. The van der Waals surface area contributed by atoms with Crippen LogP contribution in [0.2, 0.25) is 0 Å². The number of thiazole rings is 1. The van der Waals surface area contributed by atoms with E-state index in [1.165, 1.54) is 11.3 Å². The highest BCUT2D eigenvalue weighted by atomic mass is 32.1. The van der Waals surface area contributed by atoms with Crippen LogP contribution in [0.4, 0.5) is 4.79 Å². The maximum atomic E-state index is 11.8. The summed E-state index contributed by atoms with van der Waals surface area (Å²) in [6.45, 7) is 4.29. The van der Waals surface area contributed by atoms with E-state index in [1.807, 2.05) is 49.6 Å². The standard InChI is InChI=1S/C17H23N3O2S/c1-3-14(21)9-10-18-17(22)19-12(2)16-20-15(11-23-16)13-7-5-4-6-8-13/h4-8,11-12,14,21H,3,9-10H2,1-2H3,(H2,18,19,22). The maximum absolute atomic E-state index is 11.8. The van der Waals surface area contributed by atoms with Gasteiger partial charge in [0.2, 0.25) is 0 Å². The molecule has 0 spiro atoms. The third kappa shape index (κ3) is 5.33. The lowest BCUT2D eigenvalue weighted by atomic mass is 10.2. The van der Waals surface area contributed by atoms with E-state index >= 15 is 0 Å². The Labute approximate surface area is 140 Å². The van der Waals surface area contributed by atoms with Gasteiger partial charge in [0.15, 0.2) is 0 Å². The molecule has 0 bridgehead atoms. The SMILES string of the molecule is CCC(O)CCNC(=O)NC(C)c1nc(-c2ccccc2)cs1. The number of hydrogen-bond donors (Lipinski definition) is 3. The molecule has 0 saturated carbocycles. The molecule has 124 valence electrons. The number of benzene rings is 1. The number of rotatable bonds is 7. The van der Waals surface area contributed by atoms with Gasteiger partial charge < -0.3 is 15.7 Å². The van der Waals surface area contributed by atoms with Crippen molar-refractivity contribution in [1.29, 1.82) is 0 Å². The van der Waals surface area contributed by atoms with Crippen molar-refractivity contribution in [1.82, 2.24) is 15.6 Å². The number of aliphatic hydroxyl groups excluding tert-OH is 1. The Hall–Kier alpha value is -1.92. The lowest BCUT2D eigenvalue weighted by Crippen LogP contribution is -2.38. The fraction of sp³-hybridized carbons (Fsp3) is 0.412. The number of hydrogen-bond acceptors (Lipinski definition) is 4. The van der Waals surface area contributed by atoms with Crippen molar-refractivity contribution < 1.29 is 9.90 Å². The first kappa shape index (κ1) is 17.4.